The van der Waals surface area contributed by atoms with Gasteiger partial charge in [0, 0.05) is 5.46 Å². The molecule has 2 aromatic rings. The van der Waals surface area contributed by atoms with Crippen LogP contribution in [0.5, 0.6) is 11.5 Å². The highest BCUT2D eigenvalue weighted by Crippen LogP contribution is 2.18. The van der Waals surface area contributed by atoms with E-state index in [1.807, 2.05) is 0 Å². The van der Waals surface area contributed by atoms with Gasteiger partial charge in [-0.15, -0.1) is 0 Å². The van der Waals surface area contributed by atoms with Crippen molar-refractivity contribution >= 4 is 12.6 Å². The van der Waals surface area contributed by atoms with Gasteiger partial charge >= 0.3 is 7.12 Å². The average molecular weight is 276 g/mol. The molecule has 2 N–H and O–H groups in total. The number of ether oxygens (including phenoxy) is 2. The Kier molecular flexibility index (Phi) is 4.60. The van der Waals surface area contributed by atoms with E-state index in [2.05, 4.69) is 0 Å². The monoisotopic (exact) mass is 276 g/mol. The molecule has 6 heteroatoms. The third-order valence-corrected chi connectivity index (χ3v) is 2.80. The van der Waals surface area contributed by atoms with Gasteiger partial charge in [-0.2, -0.15) is 0 Å². The number of hydrogen-bond acceptors (Lipinski definition) is 4. The summed E-state index contributed by atoms with van der Waals surface area (Å²) >= 11 is 0. The Bertz CT molecular complexity index is 589. The molecule has 0 aliphatic heterocycles. The molecule has 20 heavy (non-hydrogen) atoms. The molecule has 0 saturated carbocycles. The quantitative estimate of drug-likeness (QED) is 0.803. The summed E-state index contributed by atoms with van der Waals surface area (Å²) in [7, 11) is -0.199. The summed E-state index contributed by atoms with van der Waals surface area (Å²) in [5.41, 5.74) is 0.916. The van der Waals surface area contributed by atoms with Crippen molar-refractivity contribution in [3.05, 3.63) is 53.8 Å². The molecule has 0 spiro atoms. The zero-order chi connectivity index (χ0) is 14.5. The third kappa shape index (κ3) is 3.29. The molecule has 4 nitrogen and oxygen atoms in total. The predicted molar refractivity (Wildman–Crippen MR) is 73.6 cm³/mol. The van der Waals surface area contributed by atoms with Gasteiger partial charge < -0.3 is 19.5 Å². The lowest BCUT2D eigenvalue weighted by Gasteiger charge is -2.11. The molecule has 0 aliphatic carbocycles. The minimum absolute atomic E-state index is 0.116. The van der Waals surface area contributed by atoms with Crippen LogP contribution in [0.25, 0.3) is 0 Å². The summed E-state index contributed by atoms with van der Waals surface area (Å²) in [6.07, 6.45) is 0. The summed E-state index contributed by atoms with van der Waals surface area (Å²) in [4.78, 5) is 0. The van der Waals surface area contributed by atoms with Crippen LogP contribution in [0.3, 0.4) is 0 Å². The van der Waals surface area contributed by atoms with Crippen molar-refractivity contribution in [2.24, 2.45) is 0 Å². The minimum Gasteiger partial charge on any atom is -0.497 e. The first kappa shape index (κ1) is 14.4. The summed E-state index contributed by atoms with van der Waals surface area (Å²) in [5, 5.41) is 18.5. The Morgan fingerprint density at radius 1 is 1.10 bits per heavy atom. The van der Waals surface area contributed by atoms with Crippen LogP contribution in [-0.2, 0) is 6.61 Å². The van der Waals surface area contributed by atoms with E-state index in [0.29, 0.717) is 11.3 Å². The van der Waals surface area contributed by atoms with E-state index in [4.69, 9.17) is 9.47 Å². The van der Waals surface area contributed by atoms with Crippen molar-refractivity contribution in [2.45, 2.75) is 6.61 Å². The van der Waals surface area contributed by atoms with Gasteiger partial charge in [0.1, 0.15) is 12.4 Å². The van der Waals surface area contributed by atoms with Gasteiger partial charge in [0.2, 0.25) is 0 Å². The molecule has 0 heterocycles. The van der Waals surface area contributed by atoms with Crippen LogP contribution in [-0.4, -0.2) is 24.3 Å². The number of halogens is 1. The zero-order valence-electron chi connectivity index (χ0n) is 10.9. The molecule has 2 rings (SSSR count). The molecule has 0 aliphatic rings. The van der Waals surface area contributed by atoms with Crippen LogP contribution in [0.2, 0.25) is 0 Å². The van der Waals surface area contributed by atoms with Crippen LogP contribution in [0.4, 0.5) is 4.39 Å². The van der Waals surface area contributed by atoms with Gasteiger partial charge in [0.25, 0.3) is 0 Å². The number of para-hydroxylation sites is 1. The van der Waals surface area contributed by atoms with Crippen LogP contribution < -0.4 is 14.9 Å². The maximum Gasteiger partial charge on any atom is 0.492 e. The highest BCUT2D eigenvalue weighted by atomic mass is 19.1. The number of rotatable bonds is 5. The third-order valence-electron chi connectivity index (χ3n) is 2.80. The largest absolute Gasteiger partial charge is 0.497 e. The predicted octanol–water partition coefficient (Wildman–Crippen LogP) is 1.09. The number of benzene rings is 2. The lowest BCUT2D eigenvalue weighted by Crippen LogP contribution is -2.31. The summed E-state index contributed by atoms with van der Waals surface area (Å²) < 4.78 is 23.8. The number of methoxy groups -OCH3 is 1. The second-order valence-electron chi connectivity index (χ2n) is 4.17. The topological polar surface area (TPSA) is 58.9 Å². The second-order valence-corrected chi connectivity index (χ2v) is 4.17. The van der Waals surface area contributed by atoms with Crippen molar-refractivity contribution in [1.29, 1.82) is 0 Å². The van der Waals surface area contributed by atoms with E-state index in [1.165, 1.54) is 19.2 Å². The van der Waals surface area contributed by atoms with E-state index < -0.39 is 12.9 Å². The van der Waals surface area contributed by atoms with Crippen molar-refractivity contribution in [3.63, 3.8) is 0 Å². The van der Waals surface area contributed by atoms with Gasteiger partial charge in [0.15, 0.2) is 11.6 Å². The maximum absolute atomic E-state index is 13.4. The molecule has 0 saturated heterocycles. The van der Waals surface area contributed by atoms with E-state index in [9.17, 15) is 14.4 Å². The van der Waals surface area contributed by atoms with Crippen LogP contribution in [0, 0.1) is 5.82 Å². The molecule has 104 valence electrons. The highest BCUT2D eigenvalue weighted by Gasteiger charge is 2.17. The first-order chi connectivity index (χ1) is 9.61. The van der Waals surface area contributed by atoms with E-state index in [0.717, 1.165) is 0 Å². The molecule has 0 atom stereocenters. The molecule has 0 bridgehead atoms. The van der Waals surface area contributed by atoms with E-state index >= 15 is 0 Å². The van der Waals surface area contributed by atoms with Crippen LogP contribution >= 0.6 is 0 Å². The first-order valence-corrected chi connectivity index (χ1v) is 6.02. The average Bonchev–Trinajstić information content (AvgIpc) is 2.46. The summed E-state index contributed by atoms with van der Waals surface area (Å²) in [6, 6.07) is 11.0. The van der Waals surface area contributed by atoms with Gasteiger partial charge in [-0.05, 0) is 23.8 Å². The normalized spacial score (nSPS) is 10.2. The Hall–Kier alpha value is -2.05. The van der Waals surface area contributed by atoms with Gasteiger partial charge in [-0.25, -0.2) is 4.39 Å². The molecule has 2 aromatic carbocycles. The lowest BCUT2D eigenvalue weighted by atomic mass is 9.79. The van der Waals surface area contributed by atoms with E-state index in [-0.39, 0.29) is 17.8 Å². The fourth-order valence-corrected chi connectivity index (χ4v) is 1.80. The van der Waals surface area contributed by atoms with Crippen molar-refractivity contribution in [3.8, 4) is 11.5 Å². The minimum atomic E-state index is -1.64. The molecular weight excluding hydrogens is 262 g/mol. The SMILES string of the molecule is COc1ccc(COc2ccccc2F)cc1B(O)O. The number of hydrogen-bond donors (Lipinski definition) is 2. The van der Waals surface area contributed by atoms with Gasteiger partial charge in [-0.3, -0.25) is 0 Å². The van der Waals surface area contributed by atoms with Crippen LogP contribution in [0.1, 0.15) is 5.56 Å². The van der Waals surface area contributed by atoms with Crippen molar-refractivity contribution < 1.29 is 23.9 Å². The Labute approximate surface area is 116 Å². The Morgan fingerprint density at radius 2 is 1.85 bits per heavy atom. The van der Waals surface area contributed by atoms with Gasteiger partial charge in [-0.1, -0.05) is 24.3 Å². The molecule has 0 radical (unpaired) electrons. The second kappa shape index (κ2) is 6.41. The smallest absolute Gasteiger partial charge is 0.492 e. The van der Waals surface area contributed by atoms with Gasteiger partial charge in [0.05, 0.1) is 7.11 Å². The molecule has 0 aromatic heterocycles. The fraction of sp³-hybridized carbons (Fsp3) is 0.143. The van der Waals surface area contributed by atoms with E-state index in [1.54, 1.807) is 30.3 Å². The highest BCUT2D eigenvalue weighted by molar-refractivity contribution is 6.59. The van der Waals surface area contributed by atoms with Crippen molar-refractivity contribution in [2.75, 3.05) is 7.11 Å². The molecule has 0 fully saturated rings. The zero-order valence-corrected chi connectivity index (χ0v) is 10.9. The Morgan fingerprint density at radius 3 is 2.50 bits per heavy atom. The molecular formula is C14H14BFO4. The maximum atomic E-state index is 13.4. The summed E-state index contributed by atoms with van der Waals surface area (Å²) in [5.74, 6) is 0.0764. The van der Waals surface area contributed by atoms with Crippen LogP contribution in [0.15, 0.2) is 42.5 Å². The first-order valence-electron chi connectivity index (χ1n) is 6.02. The Balaban J connectivity index is 2.14. The fourth-order valence-electron chi connectivity index (χ4n) is 1.80. The standard InChI is InChI=1S/C14H14BFO4/c1-19-13-7-6-10(8-11(13)15(17)18)9-20-14-5-3-2-4-12(14)16/h2-8,17-18H,9H2,1H3. The summed E-state index contributed by atoms with van der Waals surface area (Å²) in [6.45, 7) is 0.116. The molecule has 0 amide bonds. The molecule has 0 unspecified atom stereocenters. The lowest BCUT2D eigenvalue weighted by molar-refractivity contribution is 0.290. The van der Waals surface area contributed by atoms with Crippen molar-refractivity contribution in [1.82, 2.24) is 0 Å².